The summed E-state index contributed by atoms with van der Waals surface area (Å²) in [6.07, 6.45) is 0. The Balaban J connectivity index is 0.884. The van der Waals surface area contributed by atoms with Crippen LogP contribution in [-0.4, -0.2) is 4.57 Å². The molecule has 0 spiro atoms. The van der Waals surface area contributed by atoms with Crippen LogP contribution < -0.4 is 4.90 Å². The first-order valence-corrected chi connectivity index (χ1v) is 26.2. The maximum Gasteiger partial charge on any atom is 0.0541 e. The monoisotopic (exact) mass is 966 g/mol. The van der Waals surface area contributed by atoms with Gasteiger partial charge in [-0.25, -0.2) is 0 Å². The summed E-state index contributed by atoms with van der Waals surface area (Å²) in [6.45, 7) is 0. The first kappa shape index (κ1) is 44.7. The normalized spacial score (nSPS) is 11.7. The maximum absolute atomic E-state index is 2.42. The van der Waals surface area contributed by atoms with Crippen molar-refractivity contribution in [3.63, 3.8) is 0 Å². The van der Waals surface area contributed by atoms with Crippen molar-refractivity contribution >= 4 is 50.0 Å². The van der Waals surface area contributed by atoms with E-state index in [1.807, 2.05) is 0 Å². The topological polar surface area (TPSA) is 8.17 Å². The Morgan fingerprint density at radius 3 is 1.29 bits per heavy atom. The van der Waals surface area contributed by atoms with Gasteiger partial charge in [0.05, 0.1) is 11.0 Å². The van der Waals surface area contributed by atoms with Crippen molar-refractivity contribution in [1.82, 2.24) is 4.57 Å². The Labute approximate surface area is 444 Å². The molecule has 0 fully saturated rings. The van der Waals surface area contributed by atoms with Crippen molar-refractivity contribution in [2.24, 2.45) is 0 Å². The Kier molecular flexibility index (Phi) is 11.2. The van der Waals surface area contributed by atoms with Crippen LogP contribution in [0.5, 0.6) is 0 Å². The molecule has 1 aliphatic carbocycles. The van der Waals surface area contributed by atoms with E-state index in [9.17, 15) is 0 Å². The lowest BCUT2D eigenvalue weighted by atomic mass is 9.88. The molecule has 1 aliphatic rings. The second kappa shape index (κ2) is 19.1. The van der Waals surface area contributed by atoms with Crippen molar-refractivity contribution < 1.29 is 0 Å². The molecular weight excluding hydrogens is 917 g/mol. The zero-order valence-electron chi connectivity index (χ0n) is 41.8. The van der Waals surface area contributed by atoms with Gasteiger partial charge in [-0.05, 0) is 162 Å². The molecule has 76 heavy (non-hydrogen) atoms. The summed E-state index contributed by atoms with van der Waals surface area (Å²) < 4.78 is 2.40. The van der Waals surface area contributed by atoms with Gasteiger partial charge in [0, 0.05) is 33.5 Å². The Morgan fingerprint density at radius 1 is 0.250 bits per heavy atom. The average Bonchev–Trinajstić information content (AvgIpc) is 4.01. The summed E-state index contributed by atoms with van der Waals surface area (Å²) in [5.74, 6) is 0. The molecule has 12 aromatic carbocycles. The van der Waals surface area contributed by atoms with Crippen molar-refractivity contribution in [2.75, 3.05) is 4.90 Å². The van der Waals surface area contributed by atoms with Crippen LogP contribution in [0.1, 0.15) is 22.3 Å². The maximum atomic E-state index is 2.42. The van der Waals surface area contributed by atoms with Crippen molar-refractivity contribution in [1.29, 1.82) is 0 Å². The molecule has 0 bridgehead atoms. The van der Waals surface area contributed by atoms with Gasteiger partial charge in [-0.3, -0.25) is 0 Å². The summed E-state index contributed by atoms with van der Waals surface area (Å²) in [6, 6.07) is 111. The molecule has 2 nitrogen and oxygen atoms in total. The number of hydrogen-bond donors (Lipinski definition) is 0. The van der Waals surface area contributed by atoms with E-state index in [1.165, 1.54) is 105 Å². The van der Waals surface area contributed by atoms with Crippen molar-refractivity contribution in [3.8, 4) is 61.3 Å². The van der Waals surface area contributed by atoms with Crippen molar-refractivity contribution in [2.45, 2.75) is 0 Å². The highest BCUT2D eigenvalue weighted by Crippen LogP contribution is 2.51. The average molecular weight is 967 g/mol. The van der Waals surface area contributed by atoms with E-state index in [0.717, 1.165) is 28.3 Å². The molecule has 0 aliphatic heterocycles. The van der Waals surface area contributed by atoms with Crippen LogP contribution in [-0.2, 0) is 0 Å². The van der Waals surface area contributed by atoms with Crippen LogP contribution >= 0.6 is 0 Å². The van der Waals surface area contributed by atoms with Gasteiger partial charge in [0.15, 0.2) is 0 Å². The Morgan fingerprint density at radius 2 is 0.671 bits per heavy atom. The lowest BCUT2D eigenvalue weighted by Crippen LogP contribution is -2.10. The fraction of sp³-hybridized carbons (Fsp3) is 0. The third-order valence-electron chi connectivity index (χ3n) is 15.2. The van der Waals surface area contributed by atoms with Crippen molar-refractivity contribution in [3.05, 3.63) is 326 Å². The fourth-order valence-electron chi connectivity index (χ4n) is 11.6. The molecule has 0 unspecified atom stereocenters. The van der Waals surface area contributed by atoms with Crippen LogP contribution in [0.3, 0.4) is 0 Å². The molecule has 0 N–H and O–H groups in total. The van der Waals surface area contributed by atoms with E-state index in [2.05, 4.69) is 313 Å². The van der Waals surface area contributed by atoms with Crippen LogP contribution in [0.15, 0.2) is 303 Å². The van der Waals surface area contributed by atoms with Gasteiger partial charge in [0.25, 0.3) is 0 Å². The quantitative estimate of drug-likeness (QED) is 0.133. The lowest BCUT2D eigenvalue weighted by molar-refractivity contribution is 1.18. The number of nitrogens with zero attached hydrogens (tertiary/aromatic N) is 2. The summed E-state index contributed by atoms with van der Waals surface area (Å²) in [5, 5.41) is 2.47. The molecule has 356 valence electrons. The molecule has 0 amide bonds. The molecule has 13 aromatic rings. The summed E-state index contributed by atoms with van der Waals surface area (Å²) in [7, 11) is 0. The van der Waals surface area contributed by atoms with Gasteiger partial charge in [-0.2, -0.15) is 0 Å². The van der Waals surface area contributed by atoms with Crippen LogP contribution in [0.4, 0.5) is 17.1 Å². The number of benzene rings is 12. The van der Waals surface area contributed by atoms with E-state index >= 15 is 0 Å². The van der Waals surface area contributed by atoms with Gasteiger partial charge in [-0.15, -0.1) is 0 Å². The standard InChI is InChI=1S/C74H50N2/c1-5-18-51(19-6-1)53-32-43-63(44-33-53)76-71-31-16-15-29-67(71)69-49-60(38-47-72(69)76)55-36-41-62(42-37-55)75(61-39-34-54(35-40-61)59-27-17-26-58(48-59)52-20-7-2-8-21-52)64-45-46-66-65-28-13-14-30-68(65)74(70(66)50-64)73(56-22-9-3-10-23-56)57-24-11-4-12-25-57/h1-50H. The van der Waals surface area contributed by atoms with Gasteiger partial charge < -0.3 is 9.47 Å². The zero-order valence-corrected chi connectivity index (χ0v) is 41.8. The first-order valence-electron chi connectivity index (χ1n) is 26.2. The number of aromatic nitrogens is 1. The molecule has 2 heteroatoms. The predicted octanol–water partition coefficient (Wildman–Crippen LogP) is 19.9. The number of hydrogen-bond acceptors (Lipinski definition) is 1. The fourth-order valence-corrected chi connectivity index (χ4v) is 11.6. The minimum Gasteiger partial charge on any atom is -0.310 e. The second-order valence-electron chi connectivity index (χ2n) is 19.6. The van der Waals surface area contributed by atoms with Gasteiger partial charge in [0.1, 0.15) is 0 Å². The minimum absolute atomic E-state index is 1.08. The largest absolute Gasteiger partial charge is 0.310 e. The molecule has 0 atom stereocenters. The highest BCUT2D eigenvalue weighted by atomic mass is 15.1. The van der Waals surface area contributed by atoms with Crippen LogP contribution in [0, 0.1) is 0 Å². The smallest absolute Gasteiger partial charge is 0.0541 e. The van der Waals surface area contributed by atoms with E-state index in [1.54, 1.807) is 0 Å². The molecular formula is C74H50N2. The van der Waals surface area contributed by atoms with E-state index in [0.29, 0.717) is 0 Å². The summed E-state index contributed by atoms with van der Waals surface area (Å²) >= 11 is 0. The molecule has 0 saturated carbocycles. The van der Waals surface area contributed by atoms with Gasteiger partial charge in [-0.1, -0.05) is 231 Å². The highest BCUT2D eigenvalue weighted by Gasteiger charge is 2.29. The van der Waals surface area contributed by atoms with Gasteiger partial charge >= 0.3 is 0 Å². The number of para-hydroxylation sites is 1. The van der Waals surface area contributed by atoms with Gasteiger partial charge in [0.2, 0.25) is 0 Å². The molecule has 14 rings (SSSR count). The second-order valence-corrected chi connectivity index (χ2v) is 19.6. The predicted molar refractivity (Wildman–Crippen MR) is 321 cm³/mol. The van der Waals surface area contributed by atoms with Crippen LogP contribution in [0.2, 0.25) is 0 Å². The molecule has 0 radical (unpaired) electrons. The number of rotatable bonds is 10. The third kappa shape index (κ3) is 8.01. The third-order valence-corrected chi connectivity index (χ3v) is 15.2. The number of anilines is 3. The summed E-state index contributed by atoms with van der Waals surface area (Å²) in [4.78, 5) is 2.42. The summed E-state index contributed by atoms with van der Waals surface area (Å²) in [5.41, 5.74) is 26.1. The minimum atomic E-state index is 1.08. The zero-order chi connectivity index (χ0) is 50.4. The number of fused-ring (bicyclic) bond motifs is 6. The molecule has 0 saturated heterocycles. The lowest BCUT2D eigenvalue weighted by Gasteiger charge is -2.27. The molecule has 1 aromatic heterocycles. The van der Waals surface area contributed by atoms with E-state index in [-0.39, 0.29) is 0 Å². The Bertz CT molecular complexity index is 4230. The Hall–Kier alpha value is -10.0. The first-order chi connectivity index (χ1) is 37.7. The SMILES string of the molecule is c1ccc(C(=C2c3ccccc3-c3ccc(N(c4ccc(-c5cccc(-c6ccccc6)c5)cc4)c4ccc(-c5ccc6c(c5)c5ccccc5n6-c5ccc(-c6ccccc6)cc5)cc4)cc32)c2ccccc2)cc1. The molecule has 1 heterocycles. The van der Waals surface area contributed by atoms with E-state index in [4.69, 9.17) is 0 Å². The highest BCUT2D eigenvalue weighted by molar-refractivity contribution is 6.14. The van der Waals surface area contributed by atoms with Crippen LogP contribution in [0.25, 0.3) is 94.3 Å². The van der Waals surface area contributed by atoms with E-state index < -0.39 is 0 Å².